The van der Waals surface area contributed by atoms with Gasteiger partial charge in [-0.25, -0.2) is 9.38 Å². The lowest BCUT2D eigenvalue weighted by molar-refractivity contribution is 0.161. The number of aliphatic imine (C=N–C) groups is 1. The van der Waals surface area contributed by atoms with Crippen molar-refractivity contribution in [1.29, 1.82) is 0 Å². The van der Waals surface area contributed by atoms with Crippen molar-refractivity contribution in [2.45, 2.75) is 18.4 Å². The molecule has 0 amide bonds. The van der Waals surface area contributed by atoms with E-state index in [2.05, 4.69) is 16.0 Å². The van der Waals surface area contributed by atoms with E-state index < -0.39 is 11.4 Å². The molecule has 2 aromatic heterocycles. The number of rotatable bonds is 2. The molecule has 3 aromatic rings. The van der Waals surface area contributed by atoms with Gasteiger partial charge in [-0.05, 0) is 41.8 Å². The SMILES string of the molecule is NC1=N[C@@]2(CCO1)c1cc(-c3cncc(F)c3)ccc1Oc1cnc(C3=CCOCC3)cc12. The Morgan fingerprint density at radius 1 is 0.970 bits per heavy atom. The van der Waals surface area contributed by atoms with Crippen LogP contribution in [0.1, 0.15) is 29.7 Å². The monoisotopic (exact) mass is 444 g/mol. The Balaban J connectivity index is 1.55. The highest BCUT2D eigenvalue weighted by atomic mass is 19.1. The van der Waals surface area contributed by atoms with Crippen LogP contribution >= 0.6 is 0 Å². The Bertz CT molecular complexity index is 1320. The molecule has 1 spiro atoms. The second-order valence-electron chi connectivity index (χ2n) is 8.23. The standard InChI is InChI=1S/C25H21FN4O3/c26-18-9-17(12-28-13-18)16-1-2-22-19(10-16)25(5-8-32-24(27)30-25)20-11-21(29-14-23(20)33-22)15-3-6-31-7-4-15/h1-3,9-14H,4-8H2,(H2,27,30)/t25-/m0/s1. The smallest absolute Gasteiger partial charge is 0.283 e. The predicted octanol–water partition coefficient (Wildman–Crippen LogP) is 4.17. The summed E-state index contributed by atoms with van der Waals surface area (Å²) in [6.07, 6.45) is 7.99. The third-order valence-electron chi connectivity index (χ3n) is 6.30. The molecule has 7 nitrogen and oxygen atoms in total. The Hall–Kier alpha value is -3.78. The van der Waals surface area contributed by atoms with Crippen molar-refractivity contribution in [1.82, 2.24) is 9.97 Å². The zero-order valence-corrected chi connectivity index (χ0v) is 17.8. The van der Waals surface area contributed by atoms with E-state index in [0.29, 0.717) is 43.3 Å². The highest BCUT2D eigenvalue weighted by Crippen LogP contribution is 2.52. The highest BCUT2D eigenvalue weighted by molar-refractivity contribution is 5.76. The minimum absolute atomic E-state index is 0.126. The fourth-order valence-corrected chi connectivity index (χ4v) is 4.71. The number of amidine groups is 1. The van der Waals surface area contributed by atoms with Crippen molar-refractivity contribution in [2.75, 3.05) is 19.8 Å². The number of fused-ring (bicyclic) bond motifs is 4. The van der Waals surface area contributed by atoms with E-state index in [9.17, 15) is 4.39 Å². The van der Waals surface area contributed by atoms with Crippen LogP contribution in [0, 0.1) is 5.82 Å². The Morgan fingerprint density at radius 2 is 1.88 bits per heavy atom. The maximum absolute atomic E-state index is 13.8. The fourth-order valence-electron chi connectivity index (χ4n) is 4.71. The zero-order chi connectivity index (χ0) is 22.4. The number of hydrogen-bond acceptors (Lipinski definition) is 7. The van der Waals surface area contributed by atoms with Crippen LogP contribution in [0.15, 0.2) is 60.0 Å². The van der Waals surface area contributed by atoms with Crippen molar-refractivity contribution in [3.05, 3.63) is 77.6 Å². The first kappa shape index (κ1) is 19.9. The van der Waals surface area contributed by atoms with E-state index >= 15 is 0 Å². The fraction of sp³-hybridized carbons (Fsp3) is 0.240. The Morgan fingerprint density at radius 3 is 2.70 bits per heavy atom. The van der Waals surface area contributed by atoms with Crippen molar-refractivity contribution >= 4 is 11.6 Å². The van der Waals surface area contributed by atoms with Gasteiger partial charge in [-0.1, -0.05) is 12.1 Å². The van der Waals surface area contributed by atoms with Gasteiger partial charge in [0, 0.05) is 29.3 Å². The van der Waals surface area contributed by atoms with Gasteiger partial charge in [0.25, 0.3) is 6.02 Å². The van der Waals surface area contributed by atoms with Gasteiger partial charge in [-0.3, -0.25) is 9.97 Å². The molecule has 5 heterocycles. The summed E-state index contributed by atoms with van der Waals surface area (Å²) in [6.45, 7) is 1.65. The first-order chi connectivity index (χ1) is 16.1. The molecule has 0 radical (unpaired) electrons. The molecule has 3 aliphatic rings. The molecule has 0 aliphatic carbocycles. The third-order valence-corrected chi connectivity index (χ3v) is 6.30. The van der Waals surface area contributed by atoms with Crippen molar-refractivity contribution < 1.29 is 18.6 Å². The van der Waals surface area contributed by atoms with Crippen LogP contribution < -0.4 is 10.5 Å². The lowest BCUT2D eigenvalue weighted by atomic mass is 9.77. The van der Waals surface area contributed by atoms with Crippen molar-refractivity contribution in [3.8, 4) is 22.6 Å². The summed E-state index contributed by atoms with van der Waals surface area (Å²) >= 11 is 0. The molecule has 8 heteroatoms. The number of nitrogens with zero attached hydrogens (tertiary/aromatic N) is 3. The zero-order valence-electron chi connectivity index (χ0n) is 17.8. The van der Waals surface area contributed by atoms with Gasteiger partial charge in [0.1, 0.15) is 17.1 Å². The molecule has 6 rings (SSSR count). The molecule has 3 aliphatic heterocycles. The van der Waals surface area contributed by atoms with E-state index in [1.807, 2.05) is 24.3 Å². The second kappa shape index (κ2) is 7.67. The van der Waals surface area contributed by atoms with Crippen LogP contribution in [0.4, 0.5) is 4.39 Å². The van der Waals surface area contributed by atoms with Crippen LogP contribution in [0.25, 0.3) is 16.7 Å². The maximum atomic E-state index is 13.8. The van der Waals surface area contributed by atoms with E-state index in [4.69, 9.17) is 24.9 Å². The lowest BCUT2D eigenvalue weighted by Gasteiger charge is -2.39. The molecule has 166 valence electrons. The van der Waals surface area contributed by atoms with E-state index in [1.54, 1.807) is 12.4 Å². The molecule has 1 atom stereocenters. The van der Waals surface area contributed by atoms with Gasteiger partial charge in [0.05, 0.1) is 37.9 Å². The highest BCUT2D eigenvalue weighted by Gasteiger charge is 2.45. The number of ether oxygens (including phenoxy) is 3. The van der Waals surface area contributed by atoms with Crippen molar-refractivity contribution in [3.63, 3.8) is 0 Å². The lowest BCUT2D eigenvalue weighted by Crippen LogP contribution is -2.38. The molecule has 0 saturated heterocycles. The first-order valence-corrected chi connectivity index (χ1v) is 10.8. The van der Waals surface area contributed by atoms with Crippen LogP contribution in [-0.4, -0.2) is 35.8 Å². The summed E-state index contributed by atoms with van der Waals surface area (Å²) < 4.78 is 31.0. The van der Waals surface area contributed by atoms with Gasteiger partial charge in [-0.15, -0.1) is 0 Å². The number of halogens is 1. The average Bonchev–Trinajstić information content (AvgIpc) is 2.85. The van der Waals surface area contributed by atoms with Gasteiger partial charge in [-0.2, -0.15) is 0 Å². The molecule has 0 fully saturated rings. The molecule has 2 N–H and O–H groups in total. The number of aromatic nitrogens is 2. The first-order valence-electron chi connectivity index (χ1n) is 10.8. The molecule has 0 saturated carbocycles. The summed E-state index contributed by atoms with van der Waals surface area (Å²) in [6, 6.07) is 9.35. The number of nitrogens with two attached hydrogens (primary N) is 1. The normalized spacial score (nSPS) is 21.2. The summed E-state index contributed by atoms with van der Waals surface area (Å²) in [5.74, 6) is 0.904. The van der Waals surface area contributed by atoms with Crippen LogP contribution in [0.5, 0.6) is 11.5 Å². The van der Waals surface area contributed by atoms with Gasteiger partial charge < -0.3 is 19.9 Å². The Kier molecular flexibility index (Phi) is 4.62. The largest absolute Gasteiger partial charge is 0.465 e. The van der Waals surface area contributed by atoms with Gasteiger partial charge in [0.2, 0.25) is 0 Å². The van der Waals surface area contributed by atoms with Crippen LogP contribution in [0.2, 0.25) is 0 Å². The number of hydrogen-bond donors (Lipinski definition) is 1. The minimum Gasteiger partial charge on any atom is -0.465 e. The van der Waals surface area contributed by atoms with Gasteiger partial charge in [0.15, 0.2) is 5.75 Å². The molecule has 33 heavy (non-hydrogen) atoms. The molecule has 0 unspecified atom stereocenters. The topological polar surface area (TPSA) is 91.9 Å². The molecular formula is C25H21FN4O3. The summed E-state index contributed by atoms with van der Waals surface area (Å²) in [4.78, 5) is 13.5. The summed E-state index contributed by atoms with van der Waals surface area (Å²) in [5, 5.41) is 0. The van der Waals surface area contributed by atoms with Crippen LogP contribution in [-0.2, 0) is 15.0 Å². The number of pyridine rings is 2. The van der Waals surface area contributed by atoms with E-state index in [1.165, 1.54) is 12.3 Å². The molecular weight excluding hydrogens is 423 g/mol. The summed E-state index contributed by atoms with van der Waals surface area (Å²) in [5.41, 5.74) is 10.5. The minimum atomic E-state index is -0.800. The second-order valence-corrected chi connectivity index (χ2v) is 8.23. The molecule has 1 aromatic carbocycles. The third kappa shape index (κ3) is 3.34. The number of benzene rings is 1. The Labute approximate surface area is 189 Å². The van der Waals surface area contributed by atoms with E-state index in [-0.39, 0.29) is 6.02 Å². The average molecular weight is 444 g/mol. The van der Waals surface area contributed by atoms with Crippen molar-refractivity contribution in [2.24, 2.45) is 10.7 Å². The summed E-state index contributed by atoms with van der Waals surface area (Å²) in [7, 11) is 0. The predicted molar refractivity (Wildman–Crippen MR) is 120 cm³/mol. The van der Waals surface area contributed by atoms with E-state index in [0.717, 1.165) is 34.4 Å². The van der Waals surface area contributed by atoms with Crippen LogP contribution in [0.3, 0.4) is 0 Å². The quantitative estimate of drug-likeness (QED) is 0.638. The maximum Gasteiger partial charge on any atom is 0.283 e. The molecule has 0 bridgehead atoms. The van der Waals surface area contributed by atoms with Gasteiger partial charge >= 0.3 is 0 Å².